The predicted octanol–water partition coefficient (Wildman–Crippen LogP) is 2.25. The van der Waals surface area contributed by atoms with Gasteiger partial charge in [-0.2, -0.15) is 0 Å². The van der Waals surface area contributed by atoms with Gasteiger partial charge >= 0.3 is 0 Å². The lowest BCUT2D eigenvalue weighted by Crippen LogP contribution is -2.32. The molecule has 20 heavy (non-hydrogen) atoms. The summed E-state index contributed by atoms with van der Waals surface area (Å²) < 4.78 is 0. The lowest BCUT2D eigenvalue weighted by atomic mass is 10.1. The Morgan fingerprint density at radius 1 is 0.750 bits per heavy atom. The van der Waals surface area contributed by atoms with Gasteiger partial charge in [-0.3, -0.25) is 9.59 Å². The largest absolute Gasteiger partial charge is 0.349 e. The molecule has 4 heteroatoms. The second kappa shape index (κ2) is 5.65. The minimum Gasteiger partial charge on any atom is -0.349 e. The Labute approximate surface area is 118 Å². The highest BCUT2D eigenvalue weighted by Crippen LogP contribution is 2.20. The monoisotopic (exact) mass is 272 g/mol. The fraction of sp³-hybridized carbons (Fsp3) is 0.500. The van der Waals surface area contributed by atoms with Gasteiger partial charge in [-0.25, -0.2) is 0 Å². The van der Waals surface area contributed by atoms with E-state index in [1.807, 2.05) is 0 Å². The van der Waals surface area contributed by atoms with Crippen LogP contribution in [0.4, 0.5) is 0 Å². The van der Waals surface area contributed by atoms with Crippen molar-refractivity contribution < 1.29 is 9.59 Å². The van der Waals surface area contributed by atoms with E-state index in [-0.39, 0.29) is 11.8 Å². The molecule has 2 aliphatic carbocycles. The number of hydrogen-bond donors (Lipinski definition) is 2. The minimum absolute atomic E-state index is 0.0361. The van der Waals surface area contributed by atoms with Gasteiger partial charge in [0.25, 0.3) is 11.8 Å². The molecule has 0 spiro atoms. The van der Waals surface area contributed by atoms with Crippen LogP contribution in [0.5, 0.6) is 0 Å². The number of amides is 2. The number of nitrogens with one attached hydrogen (secondary N) is 2. The van der Waals surface area contributed by atoms with Gasteiger partial charge in [0.05, 0.1) is 0 Å². The van der Waals surface area contributed by atoms with E-state index in [9.17, 15) is 9.59 Å². The Morgan fingerprint density at radius 3 is 1.55 bits per heavy atom. The van der Waals surface area contributed by atoms with Crippen molar-refractivity contribution in [3.63, 3.8) is 0 Å². The Hall–Kier alpha value is -1.84. The molecule has 2 fully saturated rings. The van der Waals surface area contributed by atoms with Crippen molar-refractivity contribution in [2.45, 2.75) is 50.6 Å². The molecule has 0 atom stereocenters. The van der Waals surface area contributed by atoms with Gasteiger partial charge in [0.2, 0.25) is 0 Å². The molecule has 0 aliphatic heterocycles. The predicted molar refractivity (Wildman–Crippen MR) is 76.7 cm³/mol. The molecule has 1 aromatic rings. The SMILES string of the molecule is O=C(NC1CCCC1)c1ccc(C(=O)NC2CC2)cc1. The van der Waals surface area contributed by atoms with Gasteiger partial charge in [-0.05, 0) is 49.9 Å². The molecule has 0 bridgehead atoms. The summed E-state index contributed by atoms with van der Waals surface area (Å²) >= 11 is 0. The molecule has 0 saturated heterocycles. The minimum atomic E-state index is -0.0461. The van der Waals surface area contributed by atoms with Crippen LogP contribution in [0.25, 0.3) is 0 Å². The van der Waals surface area contributed by atoms with Crippen molar-refractivity contribution in [1.82, 2.24) is 10.6 Å². The van der Waals surface area contributed by atoms with Gasteiger partial charge in [0.1, 0.15) is 0 Å². The zero-order chi connectivity index (χ0) is 13.9. The fourth-order valence-electron chi connectivity index (χ4n) is 2.61. The molecule has 2 aliphatic rings. The third kappa shape index (κ3) is 3.18. The maximum atomic E-state index is 12.1. The lowest BCUT2D eigenvalue weighted by molar-refractivity contribution is 0.0930. The van der Waals surface area contributed by atoms with Crippen LogP contribution in [-0.2, 0) is 0 Å². The first kappa shape index (κ1) is 13.2. The molecular formula is C16H20N2O2. The number of rotatable bonds is 4. The first-order valence-electron chi connectivity index (χ1n) is 7.44. The van der Waals surface area contributed by atoms with Gasteiger partial charge < -0.3 is 10.6 Å². The van der Waals surface area contributed by atoms with Crippen LogP contribution in [0.1, 0.15) is 59.2 Å². The van der Waals surface area contributed by atoms with Gasteiger partial charge in [0.15, 0.2) is 0 Å². The molecule has 3 rings (SSSR count). The lowest BCUT2D eigenvalue weighted by Gasteiger charge is -2.12. The summed E-state index contributed by atoms with van der Waals surface area (Å²) in [5.41, 5.74) is 1.24. The van der Waals surface area contributed by atoms with E-state index in [0.717, 1.165) is 25.7 Å². The van der Waals surface area contributed by atoms with Crippen molar-refractivity contribution in [1.29, 1.82) is 0 Å². The summed E-state index contributed by atoms with van der Waals surface area (Å²) in [5.74, 6) is -0.0821. The summed E-state index contributed by atoms with van der Waals surface area (Å²) in [4.78, 5) is 23.9. The first-order chi connectivity index (χ1) is 9.72. The van der Waals surface area contributed by atoms with E-state index in [1.54, 1.807) is 24.3 Å². The van der Waals surface area contributed by atoms with Crippen molar-refractivity contribution in [2.24, 2.45) is 0 Å². The number of benzene rings is 1. The van der Waals surface area contributed by atoms with E-state index in [4.69, 9.17) is 0 Å². The van der Waals surface area contributed by atoms with E-state index in [1.165, 1.54) is 12.8 Å². The standard InChI is InChI=1S/C16H20N2O2/c19-15(17-13-3-1-2-4-13)11-5-7-12(8-6-11)16(20)18-14-9-10-14/h5-8,13-14H,1-4,9-10H2,(H,17,19)(H,18,20). The number of hydrogen-bond acceptors (Lipinski definition) is 2. The molecule has 106 valence electrons. The normalized spacial score (nSPS) is 18.8. The topological polar surface area (TPSA) is 58.2 Å². The average molecular weight is 272 g/mol. The highest BCUT2D eigenvalue weighted by Gasteiger charge is 2.24. The quantitative estimate of drug-likeness (QED) is 0.883. The van der Waals surface area contributed by atoms with Crippen molar-refractivity contribution in [2.75, 3.05) is 0 Å². The highest BCUT2D eigenvalue weighted by atomic mass is 16.2. The summed E-state index contributed by atoms with van der Waals surface area (Å²) in [6.07, 6.45) is 6.71. The molecular weight excluding hydrogens is 252 g/mol. The Balaban J connectivity index is 1.59. The molecule has 2 amide bonds. The summed E-state index contributed by atoms with van der Waals surface area (Å²) in [6, 6.07) is 7.58. The average Bonchev–Trinajstić information content (AvgIpc) is 3.12. The van der Waals surface area contributed by atoms with Crippen LogP contribution in [-0.4, -0.2) is 23.9 Å². The van der Waals surface area contributed by atoms with Crippen molar-refractivity contribution in [3.8, 4) is 0 Å². The van der Waals surface area contributed by atoms with Crippen LogP contribution in [0.15, 0.2) is 24.3 Å². The number of carbonyl (C=O) groups is 2. The van der Waals surface area contributed by atoms with E-state index in [2.05, 4.69) is 10.6 Å². The maximum absolute atomic E-state index is 12.1. The third-order valence-electron chi connectivity index (χ3n) is 4.01. The molecule has 2 saturated carbocycles. The third-order valence-corrected chi connectivity index (χ3v) is 4.01. The smallest absolute Gasteiger partial charge is 0.251 e. The Morgan fingerprint density at radius 2 is 1.15 bits per heavy atom. The fourth-order valence-corrected chi connectivity index (χ4v) is 2.61. The second-order valence-electron chi connectivity index (χ2n) is 5.78. The van der Waals surface area contributed by atoms with Crippen molar-refractivity contribution in [3.05, 3.63) is 35.4 Å². The van der Waals surface area contributed by atoms with Gasteiger partial charge in [0, 0.05) is 23.2 Å². The van der Waals surface area contributed by atoms with Crippen LogP contribution in [0, 0.1) is 0 Å². The molecule has 0 heterocycles. The second-order valence-corrected chi connectivity index (χ2v) is 5.78. The van der Waals surface area contributed by atoms with E-state index >= 15 is 0 Å². The molecule has 4 nitrogen and oxygen atoms in total. The van der Waals surface area contributed by atoms with Crippen LogP contribution >= 0.6 is 0 Å². The number of carbonyl (C=O) groups excluding carboxylic acids is 2. The highest BCUT2D eigenvalue weighted by molar-refractivity contribution is 5.98. The van der Waals surface area contributed by atoms with E-state index < -0.39 is 0 Å². The Kier molecular flexibility index (Phi) is 3.72. The summed E-state index contributed by atoms with van der Waals surface area (Å²) in [5, 5.41) is 5.98. The zero-order valence-electron chi connectivity index (χ0n) is 11.5. The van der Waals surface area contributed by atoms with Crippen molar-refractivity contribution >= 4 is 11.8 Å². The molecule has 1 aromatic carbocycles. The summed E-state index contributed by atoms with van der Waals surface area (Å²) in [6.45, 7) is 0. The maximum Gasteiger partial charge on any atom is 0.251 e. The van der Waals surface area contributed by atoms with Crippen LogP contribution in [0.2, 0.25) is 0 Å². The molecule has 0 aromatic heterocycles. The zero-order valence-corrected chi connectivity index (χ0v) is 11.5. The summed E-state index contributed by atoms with van der Waals surface area (Å²) in [7, 11) is 0. The van der Waals surface area contributed by atoms with Crippen LogP contribution in [0.3, 0.4) is 0 Å². The van der Waals surface area contributed by atoms with Crippen LogP contribution < -0.4 is 10.6 Å². The first-order valence-corrected chi connectivity index (χ1v) is 7.44. The molecule has 2 N–H and O–H groups in total. The van der Waals surface area contributed by atoms with Gasteiger partial charge in [-0.15, -0.1) is 0 Å². The Bertz CT molecular complexity index is 500. The molecule has 0 radical (unpaired) electrons. The van der Waals surface area contributed by atoms with E-state index in [0.29, 0.717) is 23.2 Å². The molecule has 0 unspecified atom stereocenters. The van der Waals surface area contributed by atoms with Gasteiger partial charge in [-0.1, -0.05) is 12.8 Å².